The molecule has 0 saturated carbocycles. The predicted molar refractivity (Wildman–Crippen MR) is 106 cm³/mol. The standard InChI is InChI=1S/C18H26N4OS2/c1-4-6-11-19-17-21-22-18(25-17)24-12-16(23)20-15(5-2)14-9-7-13(3)8-10-14/h7-10,15H,4-6,11-12H2,1-3H3,(H,19,21)(H,20,23). The number of anilines is 1. The number of rotatable bonds is 10. The second-order valence-corrected chi connectivity index (χ2v) is 8.08. The third kappa shape index (κ3) is 6.66. The molecule has 1 aromatic heterocycles. The highest BCUT2D eigenvalue weighted by molar-refractivity contribution is 8.01. The van der Waals surface area contributed by atoms with Gasteiger partial charge >= 0.3 is 0 Å². The Morgan fingerprint density at radius 1 is 1.24 bits per heavy atom. The highest BCUT2D eigenvalue weighted by atomic mass is 32.2. The Balaban J connectivity index is 1.80. The summed E-state index contributed by atoms with van der Waals surface area (Å²) in [6.07, 6.45) is 3.12. The van der Waals surface area contributed by atoms with Gasteiger partial charge in [0.1, 0.15) is 0 Å². The van der Waals surface area contributed by atoms with E-state index in [1.54, 1.807) is 0 Å². The number of carbonyl (C=O) groups excluding carboxylic acids is 1. The maximum atomic E-state index is 12.3. The van der Waals surface area contributed by atoms with Crippen LogP contribution in [0.25, 0.3) is 0 Å². The largest absolute Gasteiger partial charge is 0.360 e. The van der Waals surface area contributed by atoms with Crippen molar-refractivity contribution in [3.63, 3.8) is 0 Å². The molecule has 0 radical (unpaired) electrons. The average Bonchev–Trinajstić information content (AvgIpc) is 3.07. The van der Waals surface area contributed by atoms with E-state index in [1.165, 1.54) is 28.7 Å². The number of amides is 1. The maximum absolute atomic E-state index is 12.3. The van der Waals surface area contributed by atoms with Gasteiger partial charge in [0, 0.05) is 6.54 Å². The number of benzene rings is 1. The lowest BCUT2D eigenvalue weighted by atomic mass is 10.0. The molecule has 0 aliphatic rings. The molecular weight excluding hydrogens is 352 g/mol. The van der Waals surface area contributed by atoms with Crippen LogP contribution in [-0.2, 0) is 4.79 Å². The molecule has 1 amide bonds. The number of carbonyl (C=O) groups is 1. The van der Waals surface area contributed by atoms with Crippen LogP contribution in [0.15, 0.2) is 28.6 Å². The fourth-order valence-corrected chi connectivity index (χ4v) is 3.88. The molecule has 25 heavy (non-hydrogen) atoms. The molecule has 0 aliphatic carbocycles. The predicted octanol–water partition coefficient (Wildman–Crippen LogP) is 4.42. The van der Waals surface area contributed by atoms with Crippen molar-refractivity contribution >= 4 is 34.1 Å². The Bertz CT molecular complexity index is 657. The first-order valence-corrected chi connectivity index (χ1v) is 10.5. The molecular formula is C18H26N4OS2. The molecule has 136 valence electrons. The molecule has 2 aromatic rings. The van der Waals surface area contributed by atoms with Gasteiger partial charge in [-0.05, 0) is 25.3 Å². The molecule has 1 unspecified atom stereocenters. The molecule has 0 aliphatic heterocycles. The van der Waals surface area contributed by atoms with Crippen LogP contribution >= 0.6 is 23.1 Å². The molecule has 7 heteroatoms. The van der Waals surface area contributed by atoms with Crippen molar-refractivity contribution in [1.82, 2.24) is 15.5 Å². The number of hydrogen-bond acceptors (Lipinski definition) is 6. The summed E-state index contributed by atoms with van der Waals surface area (Å²) in [4.78, 5) is 12.3. The van der Waals surface area contributed by atoms with Gasteiger partial charge in [-0.3, -0.25) is 4.79 Å². The van der Waals surface area contributed by atoms with Crippen LogP contribution in [0, 0.1) is 6.92 Å². The third-order valence-electron chi connectivity index (χ3n) is 3.76. The van der Waals surface area contributed by atoms with Crippen molar-refractivity contribution in [3.05, 3.63) is 35.4 Å². The summed E-state index contributed by atoms with van der Waals surface area (Å²) < 4.78 is 0.817. The Kier molecular flexibility index (Phi) is 8.21. The molecule has 1 heterocycles. The molecule has 0 spiro atoms. The van der Waals surface area contributed by atoms with Crippen LogP contribution in [-0.4, -0.2) is 28.4 Å². The lowest BCUT2D eigenvalue weighted by molar-refractivity contribution is -0.119. The first kappa shape index (κ1) is 19.7. The van der Waals surface area contributed by atoms with Gasteiger partial charge in [-0.25, -0.2) is 0 Å². The lowest BCUT2D eigenvalue weighted by Gasteiger charge is -2.17. The summed E-state index contributed by atoms with van der Waals surface area (Å²) in [6.45, 7) is 7.21. The molecule has 0 bridgehead atoms. The van der Waals surface area contributed by atoms with Gasteiger partial charge in [-0.15, -0.1) is 10.2 Å². The summed E-state index contributed by atoms with van der Waals surface area (Å²) in [5, 5.41) is 15.4. The molecule has 0 fully saturated rings. The van der Waals surface area contributed by atoms with Crippen molar-refractivity contribution in [3.8, 4) is 0 Å². The van der Waals surface area contributed by atoms with E-state index in [9.17, 15) is 4.79 Å². The lowest BCUT2D eigenvalue weighted by Crippen LogP contribution is -2.29. The van der Waals surface area contributed by atoms with E-state index in [0.29, 0.717) is 5.75 Å². The highest BCUT2D eigenvalue weighted by Crippen LogP contribution is 2.25. The second-order valence-electron chi connectivity index (χ2n) is 5.88. The molecule has 2 rings (SSSR count). The van der Waals surface area contributed by atoms with Crippen LogP contribution < -0.4 is 10.6 Å². The number of nitrogens with zero attached hydrogens (tertiary/aromatic N) is 2. The molecule has 2 N–H and O–H groups in total. The minimum Gasteiger partial charge on any atom is -0.360 e. The van der Waals surface area contributed by atoms with Gasteiger partial charge in [0.25, 0.3) is 0 Å². The number of unbranched alkanes of at least 4 members (excludes halogenated alkanes) is 1. The number of hydrogen-bond donors (Lipinski definition) is 2. The Hall–Kier alpha value is -1.60. The van der Waals surface area contributed by atoms with E-state index in [-0.39, 0.29) is 11.9 Å². The van der Waals surface area contributed by atoms with E-state index in [1.807, 2.05) is 0 Å². The van der Waals surface area contributed by atoms with Gasteiger partial charge in [-0.2, -0.15) is 0 Å². The summed E-state index contributed by atoms with van der Waals surface area (Å²) in [6, 6.07) is 8.36. The van der Waals surface area contributed by atoms with Crippen molar-refractivity contribution in [2.45, 2.75) is 50.4 Å². The number of nitrogens with one attached hydrogen (secondary N) is 2. The summed E-state index contributed by atoms with van der Waals surface area (Å²) in [7, 11) is 0. The normalized spacial score (nSPS) is 12.0. The molecule has 1 atom stereocenters. The fraction of sp³-hybridized carbons (Fsp3) is 0.500. The van der Waals surface area contributed by atoms with Gasteiger partial charge in [0.05, 0.1) is 11.8 Å². The van der Waals surface area contributed by atoms with Crippen molar-refractivity contribution in [2.24, 2.45) is 0 Å². The summed E-state index contributed by atoms with van der Waals surface area (Å²) in [5.74, 6) is 0.375. The number of thioether (sulfide) groups is 1. The quantitative estimate of drug-likeness (QED) is 0.473. The number of aromatic nitrogens is 2. The SMILES string of the molecule is CCCCNc1nnc(SCC(=O)NC(CC)c2ccc(C)cc2)s1. The van der Waals surface area contributed by atoms with E-state index in [4.69, 9.17) is 0 Å². The van der Waals surface area contributed by atoms with Crippen LogP contribution in [0.3, 0.4) is 0 Å². The minimum atomic E-state index is 0.0214. The zero-order valence-electron chi connectivity index (χ0n) is 15.0. The third-order valence-corrected chi connectivity index (χ3v) is 5.78. The van der Waals surface area contributed by atoms with E-state index >= 15 is 0 Å². The monoisotopic (exact) mass is 378 g/mol. The van der Waals surface area contributed by atoms with Crippen molar-refractivity contribution in [1.29, 1.82) is 0 Å². The Morgan fingerprint density at radius 3 is 2.68 bits per heavy atom. The molecule has 1 aromatic carbocycles. The zero-order valence-corrected chi connectivity index (χ0v) is 16.7. The highest BCUT2D eigenvalue weighted by Gasteiger charge is 2.14. The zero-order chi connectivity index (χ0) is 18.1. The minimum absolute atomic E-state index is 0.0214. The van der Waals surface area contributed by atoms with Crippen LogP contribution in [0.4, 0.5) is 5.13 Å². The van der Waals surface area contributed by atoms with Crippen LogP contribution in [0.5, 0.6) is 0 Å². The molecule has 5 nitrogen and oxygen atoms in total. The second kappa shape index (κ2) is 10.4. The van der Waals surface area contributed by atoms with Gasteiger partial charge in [0.2, 0.25) is 11.0 Å². The van der Waals surface area contributed by atoms with E-state index < -0.39 is 0 Å². The smallest absolute Gasteiger partial charge is 0.230 e. The first-order valence-electron chi connectivity index (χ1n) is 8.68. The van der Waals surface area contributed by atoms with Crippen molar-refractivity contribution in [2.75, 3.05) is 17.6 Å². The van der Waals surface area contributed by atoms with Crippen LogP contribution in [0.2, 0.25) is 0 Å². The van der Waals surface area contributed by atoms with Crippen LogP contribution in [0.1, 0.15) is 50.3 Å². The Labute approximate surface area is 158 Å². The fourth-order valence-electron chi connectivity index (χ4n) is 2.29. The molecule has 0 saturated heterocycles. The topological polar surface area (TPSA) is 66.9 Å². The van der Waals surface area contributed by atoms with E-state index in [2.05, 4.69) is 65.9 Å². The number of aryl methyl sites for hydroxylation is 1. The first-order chi connectivity index (χ1) is 12.1. The summed E-state index contributed by atoms with van der Waals surface area (Å²) in [5.41, 5.74) is 2.37. The Morgan fingerprint density at radius 2 is 2.00 bits per heavy atom. The van der Waals surface area contributed by atoms with E-state index in [0.717, 1.165) is 40.8 Å². The van der Waals surface area contributed by atoms with Gasteiger partial charge in [-0.1, -0.05) is 73.2 Å². The van der Waals surface area contributed by atoms with Crippen molar-refractivity contribution < 1.29 is 4.79 Å². The summed E-state index contributed by atoms with van der Waals surface area (Å²) >= 11 is 2.93. The average molecular weight is 379 g/mol. The van der Waals surface area contributed by atoms with Gasteiger partial charge in [0.15, 0.2) is 4.34 Å². The van der Waals surface area contributed by atoms with Gasteiger partial charge < -0.3 is 10.6 Å². The maximum Gasteiger partial charge on any atom is 0.230 e.